The van der Waals surface area contributed by atoms with E-state index in [1.54, 1.807) is 6.20 Å². The highest BCUT2D eigenvalue weighted by Crippen LogP contribution is 2.62. The largest absolute Gasteiger partial charge is 0.313 e. The summed E-state index contributed by atoms with van der Waals surface area (Å²) in [6.45, 7) is 11.5. The van der Waals surface area contributed by atoms with Crippen LogP contribution in [0.1, 0.15) is 40.2 Å². The summed E-state index contributed by atoms with van der Waals surface area (Å²) in [5, 5.41) is 9.74. The van der Waals surface area contributed by atoms with Gasteiger partial charge in [-0.25, -0.2) is 13.1 Å². The molecule has 1 aliphatic rings. The standard InChI is InChI=1S/C13H24N4O2S/c1-6-14-7-9-8-15-16-10(9)20(18,19)17-11-12(2,3)13(11,4)5/h8,11,14,17H,6-7H2,1-5H3,(H,15,16). The van der Waals surface area contributed by atoms with Gasteiger partial charge in [0.05, 0.1) is 6.20 Å². The molecule has 1 aromatic rings. The minimum Gasteiger partial charge on any atom is -0.313 e. The molecule has 0 spiro atoms. The van der Waals surface area contributed by atoms with Crippen LogP contribution in [0.2, 0.25) is 0 Å². The molecular weight excluding hydrogens is 276 g/mol. The second kappa shape index (κ2) is 4.82. The van der Waals surface area contributed by atoms with E-state index in [1.165, 1.54) is 0 Å². The lowest BCUT2D eigenvalue weighted by Crippen LogP contribution is -2.31. The molecule has 2 rings (SSSR count). The molecule has 0 saturated heterocycles. The van der Waals surface area contributed by atoms with E-state index in [4.69, 9.17) is 0 Å². The van der Waals surface area contributed by atoms with Gasteiger partial charge in [0, 0.05) is 18.2 Å². The predicted octanol–water partition coefficient (Wildman–Crippen LogP) is 1.23. The zero-order chi connectivity index (χ0) is 15.2. The van der Waals surface area contributed by atoms with Crippen molar-refractivity contribution in [3.8, 4) is 0 Å². The lowest BCUT2D eigenvalue weighted by molar-refractivity contribution is 0.457. The summed E-state index contributed by atoms with van der Waals surface area (Å²) in [6, 6.07) is -0.0599. The molecule has 0 aromatic carbocycles. The summed E-state index contributed by atoms with van der Waals surface area (Å²) >= 11 is 0. The van der Waals surface area contributed by atoms with Crippen molar-refractivity contribution in [3.05, 3.63) is 11.8 Å². The Morgan fingerprint density at radius 1 is 1.30 bits per heavy atom. The summed E-state index contributed by atoms with van der Waals surface area (Å²) in [5.74, 6) is 0. The Bertz CT molecular complexity index is 575. The monoisotopic (exact) mass is 300 g/mol. The Morgan fingerprint density at radius 3 is 2.40 bits per heavy atom. The van der Waals surface area contributed by atoms with E-state index < -0.39 is 10.0 Å². The summed E-state index contributed by atoms with van der Waals surface area (Å²) < 4.78 is 27.8. The van der Waals surface area contributed by atoms with Crippen molar-refractivity contribution in [2.45, 2.75) is 52.2 Å². The van der Waals surface area contributed by atoms with Crippen LogP contribution in [0.5, 0.6) is 0 Å². The van der Waals surface area contributed by atoms with Crippen molar-refractivity contribution < 1.29 is 8.42 Å². The minimum absolute atomic E-state index is 0.0398. The molecule has 1 saturated carbocycles. The van der Waals surface area contributed by atoms with Gasteiger partial charge in [0.2, 0.25) is 0 Å². The van der Waals surface area contributed by atoms with Crippen molar-refractivity contribution in [1.29, 1.82) is 0 Å². The highest BCUT2D eigenvalue weighted by molar-refractivity contribution is 7.89. The van der Waals surface area contributed by atoms with E-state index in [9.17, 15) is 8.42 Å². The van der Waals surface area contributed by atoms with Gasteiger partial charge in [-0.3, -0.25) is 5.10 Å². The number of hydrogen-bond donors (Lipinski definition) is 3. The molecule has 1 heterocycles. The van der Waals surface area contributed by atoms with Gasteiger partial charge in [-0.15, -0.1) is 0 Å². The van der Waals surface area contributed by atoms with Gasteiger partial charge >= 0.3 is 0 Å². The maximum Gasteiger partial charge on any atom is 0.258 e. The molecule has 20 heavy (non-hydrogen) atoms. The fourth-order valence-corrected chi connectivity index (χ4v) is 4.28. The highest BCUT2D eigenvalue weighted by Gasteiger charge is 2.66. The van der Waals surface area contributed by atoms with Gasteiger partial charge < -0.3 is 5.32 Å². The third-order valence-corrected chi connectivity index (χ3v) is 6.24. The molecule has 1 fully saturated rings. The quantitative estimate of drug-likeness (QED) is 0.737. The first-order chi connectivity index (χ1) is 9.14. The van der Waals surface area contributed by atoms with Crippen LogP contribution in [-0.2, 0) is 16.6 Å². The Morgan fingerprint density at radius 2 is 1.90 bits per heavy atom. The van der Waals surface area contributed by atoms with Crippen LogP contribution >= 0.6 is 0 Å². The van der Waals surface area contributed by atoms with Crippen LogP contribution in [0.4, 0.5) is 0 Å². The van der Waals surface area contributed by atoms with Crippen molar-refractivity contribution in [2.75, 3.05) is 6.54 Å². The molecule has 0 amide bonds. The van der Waals surface area contributed by atoms with E-state index in [-0.39, 0.29) is 21.9 Å². The average molecular weight is 300 g/mol. The summed E-state index contributed by atoms with van der Waals surface area (Å²) in [5.41, 5.74) is 0.583. The van der Waals surface area contributed by atoms with Gasteiger partial charge in [0.15, 0.2) is 5.03 Å². The van der Waals surface area contributed by atoms with Gasteiger partial charge in [-0.2, -0.15) is 5.10 Å². The smallest absolute Gasteiger partial charge is 0.258 e. The molecule has 0 radical (unpaired) electrons. The van der Waals surface area contributed by atoms with Crippen LogP contribution in [0.3, 0.4) is 0 Å². The first kappa shape index (κ1) is 15.5. The number of rotatable bonds is 6. The van der Waals surface area contributed by atoms with Crippen molar-refractivity contribution in [2.24, 2.45) is 10.8 Å². The molecule has 0 aliphatic heterocycles. The Hall–Kier alpha value is -0.920. The molecule has 114 valence electrons. The van der Waals surface area contributed by atoms with Gasteiger partial charge in [-0.1, -0.05) is 34.6 Å². The van der Waals surface area contributed by atoms with Crippen LogP contribution in [0, 0.1) is 10.8 Å². The molecular formula is C13H24N4O2S. The summed E-state index contributed by atoms with van der Waals surface area (Å²) in [7, 11) is -3.56. The zero-order valence-electron chi connectivity index (χ0n) is 12.7. The van der Waals surface area contributed by atoms with E-state index in [2.05, 4.69) is 47.9 Å². The average Bonchev–Trinajstić information content (AvgIpc) is 2.77. The molecule has 7 heteroatoms. The van der Waals surface area contributed by atoms with Crippen molar-refractivity contribution in [3.63, 3.8) is 0 Å². The SMILES string of the molecule is CCNCc1cn[nH]c1S(=O)(=O)NC1C(C)(C)C1(C)C. The predicted molar refractivity (Wildman–Crippen MR) is 77.6 cm³/mol. The van der Waals surface area contributed by atoms with Crippen molar-refractivity contribution >= 4 is 10.0 Å². The number of H-pyrrole nitrogens is 1. The molecule has 3 N–H and O–H groups in total. The summed E-state index contributed by atoms with van der Waals surface area (Å²) in [4.78, 5) is 0. The first-order valence-electron chi connectivity index (χ1n) is 6.90. The lowest BCUT2D eigenvalue weighted by atomic mass is 10.0. The fraction of sp³-hybridized carbons (Fsp3) is 0.769. The maximum absolute atomic E-state index is 12.5. The number of nitrogens with one attached hydrogen (secondary N) is 3. The molecule has 6 nitrogen and oxygen atoms in total. The lowest BCUT2D eigenvalue weighted by Gasteiger charge is -2.08. The molecule has 1 aliphatic carbocycles. The van der Waals surface area contributed by atoms with Crippen LogP contribution < -0.4 is 10.0 Å². The molecule has 0 unspecified atom stereocenters. The van der Waals surface area contributed by atoms with Gasteiger partial charge in [-0.05, 0) is 17.4 Å². The number of sulfonamides is 1. The summed E-state index contributed by atoms with van der Waals surface area (Å²) in [6.07, 6.45) is 1.56. The van der Waals surface area contributed by atoms with Crippen LogP contribution in [0.15, 0.2) is 11.2 Å². The third-order valence-electron chi connectivity index (χ3n) is 4.81. The number of aromatic nitrogens is 2. The molecule has 1 aromatic heterocycles. The maximum atomic E-state index is 12.5. The third kappa shape index (κ3) is 2.38. The van der Waals surface area contributed by atoms with E-state index in [1.807, 2.05) is 6.92 Å². The van der Waals surface area contributed by atoms with E-state index >= 15 is 0 Å². The minimum atomic E-state index is -3.56. The first-order valence-corrected chi connectivity index (χ1v) is 8.38. The van der Waals surface area contributed by atoms with Crippen LogP contribution in [-0.4, -0.2) is 31.2 Å². The highest BCUT2D eigenvalue weighted by atomic mass is 32.2. The van der Waals surface area contributed by atoms with E-state index in [0.29, 0.717) is 12.1 Å². The van der Waals surface area contributed by atoms with Gasteiger partial charge in [0.25, 0.3) is 10.0 Å². The van der Waals surface area contributed by atoms with Crippen molar-refractivity contribution in [1.82, 2.24) is 20.2 Å². The number of hydrogen-bond acceptors (Lipinski definition) is 4. The Labute approximate surface area is 120 Å². The normalized spacial score (nSPS) is 21.1. The second-order valence-corrected chi connectivity index (χ2v) is 8.15. The van der Waals surface area contributed by atoms with Gasteiger partial charge in [0.1, 0.15) is 0 Å². The fourth-order valence-electron chi connectivity index (χ4n) is 2.62. The Balaban J connectivity index is 2.18. The molecule has 0 bridgehead atoms. The number of nitrogens with zero attached hydrogens (tertiary/aromatic N) is 1. The topological polar surface area (TPSA) is 86.9 Å². The van der Waals surface area contributed by atoms with E-state index in [0.717, 1.165) is 6.54 Å². The molecule has 0 atom stereocenters. The second-order valence-electron chi connectivity index (χ2n) is 6.50. The zero-order valence-corrected chi connectivity index (χ0v) is 13.6. The van der Waals surface area contributed by atoms with Crippen LogP contribution in [0.25, 0.3) is 0 Å². The Kier molecular flexibility index (Phi) is 3.73. The number of aromatic amines is 1.